The molecule has 5 heteroatoms. The second kappa shape index (κ2) is 6.23. The third-order valence-electron chi connectivity index (χ3n) is 5.57. The lowest BCUT2D eigenvalue weighted by atomic mass is 9.78. The SMILES string of the molecule is COC1(C(=O)N2CCN(C3CCOCC3)C[C@H]2C)CCC1. The van der Waals surface area contributed by atoms with Crippen LogP contribution in [0.5, 0.6) is 0 Å². The van der Waals surface area contributed by atoms with Crippen LogP contribution in [0.15, 0.2) is 0 Å². The van der Waals surface area contributed by atoms with Gasteiger partial charge in [0.1, 0.15) is 5.60 Å². The molecule has 2 saturated heterocycles. The van der Waals surface area contributed by atoms with Crippen molar-refractivity contribution in [3.05, 3.63) is 0 Å². The number of carbonyl (C=O) groups excluding carboxylic acids is 1. The molecule has 3 fully saturated rings. The smallest absolute Gasteiger partial charge is 0.255 e. The lowest BCUT2D eigenvalue weighted by molar-refractivity contribution is -0.171. The molecule has 0 spiro atoms. The van der Waals surface area contributed by atoms with Gasteiger partial charge in [-0.25, -0.2) is 0 Å². The molecule has 120 valence electrons. The van der Waals surface area contributed by atoms with Crippen LogP contribution in [0.1, 0.15) is 39.0 Å². The predicted molar refractivity (Wildman–Crippen MR) is 80.2 cm³/mol. The Hall–Kier alpha value is -0.650. The zero-order chi connectivity index (χ0) is 14.9. The molecule has 0 aromatic heterocycles. The summed E-state index contributed by atoms with van der Waals surface area (Å²) in [7, 11) is 1.68. The summed E-state index contributed by atoms with van der Waals surface area (Å²) < 4.78 is 11.0. The van der Waals surface area contributed by atoms with Crippen molar-refractivity contribution >= 4 is 5.91 Å². The lowest BCUT2D eigenvalue weighted by Gasteiger charge is -2.48. The molecule has 1 aliphatic carbocycles. The molecular weight excluding hydrogens is 268 g/mol. The Kier molecular flexibility index (Phi) is 4.52. The van der Waals surface area contributed by atoms with Gasteiger partial charge in [0.25, 0.3) is 5.91 Å². The van der Waals surface area contributed by atoms with Crippen LogP contribution in [0.4, 0.5) is 0 Å². The second-order valence-corrected chi connectivity index (χ2v) is 6.74. The van der Waals surface area contributed by atoms with Gasteiger partial charge in [0.05, 0.1) is 0 Å². The Morgan fingerprint density at radius 1 is 1.24 bits per heavy atom. The molecular formula is C16H28N2O3. The molecule has 3 rings (SSSR count). The van der Waals surface area contributed by atoms with Crippen molar-refractivity contribution in [3.8, 4) is 0 Å². The minimum Gasteiger partial charge on any atom is -0.381 e. The van der Waals surface area contributed by atoms with Crippen LogP contribution in [0.2, 0.25) is 0 Å². The zero-order valence-electron chi connectivity index (χ0n) is 13.3. The summed E-state index contributed by atoms with van der Waals surface area (Å²) in [4.78, 5) is 17.4. The summed E-state index contributed by atoms with van der Waals surface area (Å²) in [6, 6.07) is 0.917. The van der Waals surface area contributed by atoms with Crippen molar-refractivity contribution in [3.63, 3.8) is 0 Å². The second-order valence-electron chi connectivity index (χ2n) is 6.74. The molecule has 1 atom stereocenters. The quantitative estimate of drug-likeness (QED) is 0.786. The Bertz CT molecular complexity index is 372. The van der Waals surface area contributed by atoms with Crippen molar-refractivity contribution in [2.45, 2.75) is 56.7 Å². The van der Waals surface area contributed by atoms with Gasteiger partial charge in [-0.2, -0.15) is 0 Å². The number of hydrogen-bond donors (Lipinski definition) is 0. The van der Waals surface area contributed by atoms with Gasteiger partial charge < -0.3 is 14.4 Å². The number of rotatable bonds is 3. The monoisotopic (exact) mass is 296 g/mol. The van der Waals surface area contributed by atoms with Crippen molar-refractivity contribution in [1.29, 1.82) is 0 Å². The van der Waals surface area contributed by atoms with E-state index in [4.69, 9.17) is 9.47 Å². The highest BCUT2D eigenvalue weighted by Gasteiger charge is 2.48. The topological polar surface area (TPSA) is 42.0 Å². The van der Waals surface area contributed by atoms with E-state index in [1.165, 1.54) is 0 Å². The van der Waals surface area contributed by atoms with Gasteiger partial charge in [-0.1, -0.05) is 0 Å². The molecule has 0 bridgehead atoms. The minimum atomic E-state index is -0.505. The highest BCUT2D eigenvalue weighted by molar-refractivity contribution is 5.86. The van der Waals surface area contributed by atoms with E-state index in [2.05, 4.69) is 16.7 Å². The summed E-state index contributed by atoms with van der Waals surface area (Å²) >= 11 is 0. The van der Waals surface area contributed by atoms with E-state index in [1.807, 2.05) is 0 Å². The minimum absolute atomic E-state index is 0.218. The van der Waals surface area contributed by atoms with Crippen LogP contribution in [0.25, 0.3) is 0 Å². The first-order valence-corrected chi connectivity index (χ1v) is 8.34. The highest BCUT2D eigenvalue weighted by atomic mass is 16.5. The normalized spacial score (nSPS) is 31.0. The number of methoxy groups -OCH3 is 1. The fraction of sp³-hybridized carbons (Fsp3) is 0.938. The molecule has 5 nitrogen and oxygen atoms in total. The first kappa shape index (κ1) is 15.3. The Morgan fingerprint density at radius 2 is 1.95 bits per heavy atom. The molecule has 21 heavy (non-hydrogen) atoms. The number of amides is 1. The molecule has 0 N–H and O–H groups in total. The summed E-state index contributed by atoms with van der Waals surface area (Å²) in [5.74, 6) is 0.218. The van der Waals surface area contributed by atoms with E-state index in [1.54, 1.807) is 7.11 Å². The third-order valence-corrected chi connectivity index (χ3v) is 5.57. The maximum absolute atomic E-state index is 12.8. The Morgan fingerprint density at radius 3 is 2.48 bits per heavy atom. The van der Waals surface area contributed by atoms with E-state index < -0.39 is 5.60 Å². The Labute approximate surface area is 127 Å². The Balaban J connectivity index is 1.59. The lowest BCUT2D eigenvalue weighted by Crippen LogP contribution is -2.63. The van der Waals surface area contributed by atoms with Gasteiger partial charge >= 0.3 is 0 Å². The van der Waals surface area contributed by atoms with E-state index in [9.17, 15) is 4.79 Å². The van der Waals surface area contributed by atoms with Gasteiger partial charge in [0.2, 0.25) is 0 Å². The zero-order valence-corrected chi connectivity index (χ0v) is 13.3. The third kappa shape index (κ3) is 2.83. The van der Waals surface area contributed by atoms with Crippen LogP contribution in [-0.4, -0.2) is 73.3 Å². The van der Waals surface area contributed by atoms with E-state index >= 15 is 0 Å². The van der Waals surface area contributed by atoms with Crippen LogP contribution in [0, 0.1) is 0 Å². The largest absolute Gasteiger partial charge is 0.381 e. The first-order chi connectivity index (χ1) is 10.2. The van der Waals surface area contributed by atoms with E-state index in [0.29, 0.717) is 6.04 Å². The van der Waals surface area contributed by atoms with Crippen molar-refractivity contribution in [2.24, 2.45) is 0 Å². The number of hydrogen-bond acceptors (Lipinski definition) is 4. The molecule has 0 radical (unpaired) electrons. The first-order valence-electron chi connectivity index (χ1n) is 8.34. The highest BCUT2D eigenvalue weighted by Crippen LogP contribution is 2.37. The average molecular weight is 296 g/mol. The predicted octanol–water partition coefficient (Wildman–Crippen LogP) is 1.27. The summed E-state index contributed by atoms with van der Waals surface area (Å²) in [5, 5.41) is 0. The van der Waals surface area contributed by atoms with Gasteiger partial charge in [0.15, 0.2) is 0 Å². The molecule has 1 saturated carbocycles. The summed E-state index contributed by atoms with van der Waals surface area (Å²) in [6.07, 6.45) is 5.13. The van der Waals surface area contributed by atoms with Crippen molar-refractivity contribution in [2.75, 3.05) is 40.0 Å². The van der Waals surface area contributed by atoms with Gasteiger partial charge in [-0.15, -0.1) is 0 Å². The van der Waals surface area contributed by atoms with Gasteiger partial charge in [-0.3, -0.25) is 9.69 Å². The molecule has 2 aliphatic heterocycles. The molecule has 3 aliphatic rings. The summed E-state index contributed by atoms with van der Waals surface area (Å²) in [6.45, 7) is 6.74. The molecule has 1 amide bonds. The summed E-state index contributed by atoms with van der Waals surface area (Å²) in [5.41, 5.74) is -0.505. The van der Waals surface area contributed by atoms with Crippen LogP contribution < -0.4 is 0 Å². The average Bonchev–Trinajstić information content (AvgIpc) is 2.47. The van der Waals surface area contributed by atoms with Gasteiger partial charge in [-0.05, 0) is 39.0 Å². The van der Waals surface area contributed by atoms with Crippen molar-refractivity contribution < 1.29 is 14.3 Å². The fourth-order valence-electron chi connectivity index (χ4n) is 3.93. The molecule has 0 unspecified atom stereocenters. The van der Waals surface area contributed by atoms with E-state index in [0.717, 1.165) is 65.0 Å². The van der Waals surface area contributed by atoms with Crippen molar-refractivity contribution in [1.82, 2.24) is 9.80 Å². The fourth-order valence-corrected chi connectivity index (χ4v) is 3.93. The van der Waals surface area contributed by atoms with Crippen LogP contribution >= 0.6 is 0 Å². The molecule has 0 aromatic carbocycles. The van der Waals surface area contributed by atoms with Crippen LogP contribution in [-0.2, 0) is 14.3 Å². The number of ether oxygens (including phenoxy) is 2. The number of carbonyl (C=O) groups is 1. The molecule has 0 aromatic rings. The van der Waals surface area contributed by atoms with Crippen LogP contribution in [0.3, 0.4) is 0 Å². The maximum atomic E-state index is 12.8. The number of piperazine rings is 1. The molecule has 2 heterocycles. The van der Waals surface area contributed by atoms with E-state index in [-0.39, 0.29) is 11.9 Å². The number of nitrogens with zero attached hydrogens (tertiary/aromatic N) is 2. The maximum Gasteiger partial charge on any atom is 0.255 e. The van der Waals surface area contributed by atoms with Gasteiger partial charge in [0, 0.05) is 52.0 Å². The standard InChI is InChI=1S/C16H28N2O3/c1-13-12-17(14-4-10-21-11-5-14)8-9-18(13)15(19)16(20-2)6-3-7-16/h13-14H,3-12H2,1-2H3/t13-/m1/s1.